The molecule has 0 aliphatic carbocycles. The van der Waals surface area contributed by atoms with Crippen LogP contribution in [0.2, 0.25) is 0 Å². The number of piperidine rings is 1. The van der Waals surface area contributed by atoms with E-state index >= 15 is 0 Å². The van der Waals surface area contributed by atoms with Gasteiger partial charge in [0.25, 0.3) is 0 Å². The fourth-order valence-corrected chi connectivity index (χ4v) is 2.52. The topological polar surface area (TPSA) is 32.5 Å². The van der Waals surface area contributed by atoms with Crippen LogP contribution >= 0.6 is 0 Å². The molecule has 2 atom stereocenters. The van der Waals surface area contributed by atoms with Gasteiger partial charge in [-0.15, -0.1) is 0 Å². The summed E-state index contributed by atoms with van der Waals surface area (Å²) in [6.45, 7) is 6.81. The fraction of sp³-hybridized carbons (Fsp3) is 1.00. The molecule has 0 radical (unpaired) electrons. The van der Waals surface area contributed by atoms with Crippen molar-refractivity contribution in [3.8, 4) is 0 Å². The maximum absolute atomic E-state index is 5.58. The van der Waals surface area contributed by atoms with E-state index in [1.807, 2.05) is 0 Å². The molecule has 1 fully saturated rings. The molecule has 2 unspecified atom stereocenters. The van der Waals surface area contributed by atoms with E-state index in [9.17, 15) is 0 Å². The first-order valence-corrected chi connectivity index (χ1v) is 6.22. The summed E-state index contributed by atoms with van der Waals surface area (Å²) in [5, 5.41) is 0. The van der Waals surface area contributed by atoms with Crippen LogP contribution in [0.25, 0.3) is 0 Å². The van der Waals surface area contributed by atoms with Crippen molar-refractivity contribution in [1.82, 2.24) is 9.80 Å². The Balaban J connectivity index is 2.28. The van der Waals surface area contributed by atoms with Crippen LogP contribution in [0, 0.1) is 5.92 Å². The standard InChI is InChI=1S/C12H27N3/c1-11(6-7-13)9-15(3)12-5-4-8-14(2)10-12/h11-12H,4-10,13H2,1-3H3. The summed E-state index contributed by atoms with van der Waals surface area (Å²) in [7, 11) is 4.49. The van der Waals surface area contributed by atoms with Gasteiger partial charge in [-0.25, -0.2) is 0 Å². The lowest BCUT2D eigenvalue weighted by Crippen LogP contribution is -2.46. The van der Waals surface area contributed by atoms with Gasteiger partial charge in [0.05, 0.1) is 0 Å². The van der Waals surface area contributed by atoms with E-state index in [0.717, 1.165) is 24.9 Å². The Morgan fingerprint density at radius 2 is 2.27 bits per heavy atom. The molecular formula is C12H27N3. The van der Waals surface area contributed by atoms with Crippen LogP contribution in [0.1, 0.15) is 26.2 Å². The third-order valence-corrected chi connectivity index (χ3v) is 3.48. The van der Waals surface area contributed by atoms with E-state index in [0.29, 0.717) is 0 Å². The molecule has 0 bridgehead atoms. The first kappa shape index (κ1) is 12.9. The Hall–Kier alpha value is -0.120. The fourth-order valence-electron chi connectivity index (χ4n) is 2.52. The Labute approximate surface area is 94.6 Å². The molecule has 0 saturated carbocycles. The zero-order valence-electron chi connectivity index (χ0n) is 10.6. The van der Waals surface area contributed by atoms with Gasteiger partial charge in [0.1, 0.15) is 0 Å². The van der Waals surface area contributed by atoms with E-state index in [1.165, 1.54) is 32.5 Å². The SMILES string of the molecule is CC(CCN)CN(C)C1CCCN(C)C1. The van der Waals surface area contributed by atoms with Gasteiger partial charge in [-0.1, -0.05) is 6.92 Å². The molecule has 1 heterocycles. The van der Waals surface area contributed by atoms with Crippen LogP contribution in [0.15, 0.2) is 0 Å². The zero-order valence-corrected chi connectivity index (χ0v) is 10.6. The third-order valence-electron chi connectivity index (χ3n) is 3.48. The number of nitrogens with zero attached hydrogens (tertiary/aromatic N) is 2. The summed E-state index contributed by atoms with van der Waals surface area (Å²) in [5.74, 6) is 0.729. The monoisotopic (exact) mass is 213 g/mol. The molecule has 0 aromatic rings. The highest BCUT2D eigenvalue weighted by Gasteiger charge is 2.21. The van der Waals surface area contributed by atoms with Crippen molar-refractivity contribution in [2.45, 2.75) is 32.2 Å². The predicted octanol–water partition coefficient (Wildman–Crippen LogP) is 0.997. The summed E-state index contributed by atoms with van der Waals surface area (Å²) < 4.78 is 0. The molecule has 2 N–H and O–H groups in total. The van der Waals surface area contributed by atoms with Crippen molar-refractivity contribution >= 4 is 0 Å². The smallest absolute Gasteiger partial charge is 0.0220 e. The summed E-state index contributed by atoms with van der Waals surface area (Å²) in [6.07, 6.45) is 3.85. The van der Waals surface area contributed by atoms with Gasteiger partial charge >= 0.3 is 0 Å². The largest absolute Gasteiger partial charge is 0.330 e. The molecule has 90 valence electrons. The molecule has 1 aliphatic heterocycles. The lowest BCUT2D eigenvalue weighted by Gasteiger charge is -2.37. The number of likely N-dealkylation sites (tertiary alicyclic amines) is 1. The van der Waals surface area contributed by atoms with Crippen molar-refractivity contribution in [3.63, 3.8) is 0 Å². The first-order chi connectivity index (χ1) is 7.13. The number of hydrogen-bond donors (Lipinski definition) is 1. The van der Waals surface area contributed by atoms with E-state index in [2.05, 4.69) is 30.8 Å². The number of likely N-dealkylation sites (N-methyl/N-ethyl adjacent to an activating group) is 2. The predicted molar refractivity (Wildman–Crippen MR) is 66.0 cm³/mol. The van der Waals surface area contributed by atoms with Crippen molar-refractivity contribution in [2.75, 3.05) is 40.3 Å². The second kappa shape index (κ2) is 6.46. The van der Waals surface area contributed by atoms with E-state index < -0.39 is 0 Å². The highest BCUT2D eigenvalue weighted by atomic mass is 15.2. The highest BCUT2D eigenvalue weighted by molar-refractivity contribution is 4.78. The van der Waals surface area contributed by atoms with E-state index in [1.54, 1.807) is 0 Å². The minimum atomic E-state index is 0.729. The van der Waals surface area contributed by atoms with Gasteiger partial charge in [-0.2, -0.15) is 0 Å². The molecule has 1 saturated heterocycles. The normalized spacial score (nSPS) is 25.8. The second-order valence-corrected chi connectivity index (χ2v) is 5.18. The van der Waals surface area contributed by atoms with Gasteiger partial charge in [0.15, 0.2) is 0 Å². The minimum absolute atomic E-state index is 0.729. The van der Waals surface area contributed by atoms with E-state index in [4.69, 9.17) is 5.73 Å². The Morgan fingerprint density at radius 1 is 1.53 bits per heavy atom. The van der Waals surface area contributed by atoms with Crippen LogP contribution in [0.3, 0.4) is 0 Å². The second-order valence-electron chi connectivity index (χ2n) is 5.18. The van der Waals surface area contributed by atoms with Crippen molar-refractivity contribution < 1.29 is 0 Å². The lowest BCUT2D eigenvalue weighted by molar-refractivity contribution is 0.121. The summed E-state index contributed by atoms with van der Waals surface area (Å²) in [5.41, 5.74) is 5.58. The van der Waals surface area contributed by atoms with Crippen molar-refractivity contribution in [1.29, 1.82) is 0 Å². The van der Waals surface area contributed by atoms with Crippen LogP contribution in [0.4, 0.5) is 0 Å². The number of nitrogens with two attached hydrogens (primary N) is 1. The molecule has 3 heteroatoms. The Bertz CT molecular complexity index is 172. The molecule has 0 aromatic heterocycles. The molecule has 1 aliphatic rings. The maximum atomic E-state index is 5.58. The molecule has 0 spiro atoms. The Morgan fingerprint density at radius 3 is 2.87 bits per heavy atom. The first-order valence-electron chi connectivity index (χ1n) is 6.22. The van der Waals surface area contributed by atoms with Gasteiger partial charge < -0.3 is 15.5 Å². The van der Waals surface area contributed by atoms with Crippen LogP contribution in [0.5, 0.6) is 0 Å². The van der Waals surface area contributed by atoms with Crippen LogP contribution < -0.4 is 5.73 Å². The molecule has 0 amide bonds. The van der Waals surface area contributed by atoms with Crippen LogP contribution in [-0.4, -0.2) is 56.1 Å². The van der Waals surface area contributed by atoms with Gasteiger partial charge in [-0.05, 0) is 52.4 Å². The number of hydrogen-bond acceptors (Lipinski definition) is 3. The van der Waals surface area contributed by atoms with Crippen molar-refractivity contribution in [2.24, 2.45) is 11.7 Å². The van der Waals surface area contributed by atoms with Crippen LogP contribution in [-0.2, 0) is 0 Å². The Kier molecular flexibility index (Phi) is 5.58. The van der Waals surface area contributed by atoms with Gasteiger partial charge in [0, 0.05) is 19.1 Å². The average Bonchev–Trinajstić information content (AvgIpc) is 2.18. The quantitative estimate of drug-likeness (QED) is 0.739. The van der Waals surface area contributed by atoms with E-state index in [-0.39, 0.29) is 0 Å². The summed E-state index contributed by atoms with van der Waals surface area (Å²) >= 11 is 0. The molecule has 0 aromatic carbocycles. The molecule has 3 nitrogen and oxygen atoms in total. The highest BCUT2D eigenvalue weighted by Crippen LogP contribution is 2.15. The minimum Gasteiger partial charge on any atom is -0.330 e. The summed E-state index contributed by atoms with van der Waals surface area (Å²) in [6, 6.07) is 0.754. The average molecular weight is 213 g/mol. The van der Waals surface area contributed by atoms with Gasteiger partial charge in [0.2, 0.25) is 0 Å². The maximum Gasteiger partial charge on any atom is 0.0220 e. The molecular weight excluding hydrogens is 186 g/mol. The number of rotatable bonds is 5. The van der Waals surface area contributed by atoms with Crippen molar-refractivity contribution in [3.05, 3.63) is 0 Å². The summed E-state index contributed by atoms with van der Waals surface area (Å²) in [4.78, 5) is 4.97. The van der Waals surface area contributed by atoms with Gasteiger partial charge in [-0.3, -0.25) is 0 Å². The molecule has 1 rings (SSSR count). The molecule has 15 heavy (non-hydrogen) atoms. The third kappa shape index (κ3) is 4.49. The lowest BCUT2D eigenvalue weighted by atomic mass is 10.0. The zero-order chi connectivity index (χ0) is 11.3.